The van der Waals surface area contributed by atoms with E-state index in [1.54, 1.807) is 10.9 Å². The Morgan fingerprint density at radius 2 is 1.96 bits per heavy atom. The van der Waals surface area contributed by atoms with Crippen molar-refractivity contribution in [3.05, 3.63) is 54.7 Å². The first kappa shape index (κ1) is 15.6. The van der Waals surface area contributed by atoms with Gasteiger partial charge in [-0.1, -0.05) is 30.3 Å². The van der Waals surface area contributed by atoms with Crippen molar-refractivity contribution >= 4 is 34.3 Å². The third-order valence-corrected chi connectivity index (χ3v) is 4.51. The highest BCUT2D eigenvalue weighted by Gasteiger charge is 2.10. The number of anilines is 1. The van der Waals surface area contributed by atoms with Crippen molar-refractivity contribution in [1.82, 2.24) is 9.78 Å². The maximum Gasteiger partial charge on any atom is 0.235 e. The minimum Gasteiger partial charge on any atom is -0.310 e. The van der Waals surface area contributed by atoms with Crippen LogP contribution in [0.3, 0.4) is 0 Å². The van der Waals surface area contributed by atoms with Crippen molar-refractivity contribution in [1.29, 1.82) is 0 Å². The Balaban J connectivity index is 1.62. The highest BCUT2D eigenvalue weighted by atomic mass is 32.2. The molecule has 0 aliphatic carbocycles. The molecule has 23 heavy (non-hydrogen) atoms. The predicted octanol–water partition coefficient (Wildman–Crippen LogP) is 4.35. The molecule has 0 aliphatic heterocycles. The first-order valence-electron chi connectivity index (χ1n) is 7.58. The molecule has 118 valence electrons. The third kappa shape index (κ3) is 3.74. The standard InChI is InChI=1S/C18H19N3OS/c1-13(2)21-17(9-10-19-21)20-18(22)12-23-16-8-7-14-5-3-4-6-15(14)11-16/h3-11,13H,12H2,1-2H3,(H,20,22). The average molecular weight is 325 g/mol. The summed E-state index contributed by atoms with van der Waals surface area (Å²) >= 11 is 1.54. The molecule has 0 fully saturated rings. The molecule has 0 spiro atoms. The number of carbonyl (C=O) groups excluding carboxylic acids is 1. The topological polar surface area (TPSA) is 46.9 Å². The van der Waals surface area contributed by atoms with E-state index in [0.717, 1.165) is 10.7 Å². The van der Waals surface area contributed by atoms with Crippen molar-refractivity contribution in [3.63, 3.8) is 0 Å². The van der Waals surface area contributed by atoms with Crippen LogP contribution in [0.5, 0.6) is 0 Å². The summed E-state index contributed by atoms with van der Waals surface area (Å²) in [6.45, 7) is 4.07. The van der Waals surface area contributed by atoms with Crippen molar-refractivity contribution in [3.8, 4) is 0 Å². The molecular formula is C18H19N3OS. The van der Waals surface area contributed by atoms with Gasteiger partial charge in [-0.05, 0) is 36.8 Å². The molecule has 0 saturated carbocycles. The number of nitrogens with zero attached hydrogens (tertiary/aromatic N) is 2. The lowest BCUT2D eigenvalue weighted by atomic mass is 10.1. The summed E-state index contributed by atoms with van der Waals surface area (Å²) in [7, 11) is 0. The Kier molecular flexibility index (Phi) is 4.67. The summed E-state index contributed by atoms with van der Waals surface area (Å²) in [5.74, 6) is 1.09. The lowest BCUT2D eigenvalue weighted by Gasteiger charge is -2.11. The fourth-order valence-corrected chi connectivity index (χ4v) is 3.15. The van der Waals surface area contributed by atoms with Gasteiger partial charge in [0.2, 0.25) is 5.91 Å². The van der Waals surface area contributed by atoms with E-state index in [9.17, 15) is 4.79 Å². The molecule has 0 saturated heterocycles. The Hall–Kier alpha value is -2.27. The zero-order chi connectivity index (χ0) is 16.2. The van der Waals surface area contributed by atoms with Gasteiger partial charge in [-0.15, -0.1) is 11.8 Å². The summed E-state index contributed by atoms with van der Waals surface area (Å²) < 4.78 is 1.80. The van der Waals surface area contributed by atoms with Crippen LogP contribution in [0.1, 0.15) is 19.9 Å². The van der Waals surface area contributed by atoms with Crippen LogP contribution < -0.4 is 5.32 Å². The SMILES string of the molecule is CC(C)n1nccc1NC(=O)CSc1ccc2ccccc2c1. The van der Waals surface area contributed by atoms with Crippen LogP contribution >= 0.6 is 11.8 Å². The molecule has 1 heterocycles. The number of hydrogen-bond donors (Lipinski definition) is 1. The summed E-state index contributed by atoms with van der Waals surface area (Å²) in [6, 6.07) is 16.5. The van der Waals surface area contributed by atoms with Crippen LogP contribution in [0.2, 0.25) is 0 Å². The maximum absolute atomic E-state index is 12.1. The lowest BCUT2D eigenvalue weighted by Crippen LogP contribution is -2.18. The number of thioether (sulfide) groups is 1. The van der Waals surface area contributed by atoms with Crippen LogP contribution in [-0.4, -0.2) is 21.4 Å². The van der Waals surface area contributed by atoms with E-state index in [1.165, 1.54) is 22.5 Å². The zero-order valence-electron chi connectivity index (χ0n) is 13.2. The molecule has 3 rings (SSSR count). The molecule has 1 N–H and O–H groups in total. The number of amides is 1. The van der Waals surface area contributed by atoms with Crippen LogP contribution in [0, 0.1) is 0 Å². The molecule has 0 aliphatic rings. The number of carbonyl (C=O) groups is 1. The number of benzene rings is 2. The molecular weight excluding hydrogens is 306 g/mol. The Bertz CT molecular complexity index is 826. The average Bonchev–Trinajstić information content (AvgIpc) is 3.01. The predicted molar refractivity (Wildman–Crippen MR) is 95.9 cm³/mol. The molecule has 1 aromatic heterocycles. The van der Waals surface area contributed by atoms with Crippen molar-refractivity contribution in [2.75, 3.05) is 11.1 Å². The Morgan fingerprint density at radius 1 is 1.17 bits per heavy atom. The van der Waals surface area contributed by atoms with E-state index in [0.29, 0.717) is 5.75 Å². The van der Waals surface area contributed by atoms with E-state index in [4.69, 9.17) is 0 Å². The highest BCUT2D eigenvalue weighted by molar-refractivity contribution is 8.00. The minimum atomic E-state index is -0.0226. The summed E-state index contributed by atoms with van der Waals surface area (Å²) in [5, 5.41) is 9.54. The van der Waals surface area contributed by atoms with Crippen LogP contribution in [-0.2, 0) is 4.79 Å². The molecule has 5 heteroatoms. The van der Waals surface area contributed by atoms with Gasteiger partial charge in [0.1, 0.15) is 5.82 Å². The molecule has 2 aromatic carbocycles. The fourth-order valence-electron chi connectivity index (χ4n) is 2.41. The normalized spacial score (nSPS) is 11.1. The van der Waals surface area contributed by atoms with Crippen molar-refractivity contribution in [2.24, 2.45) is 0 Å². The van der Waals surface area contributed by atoms with Gasteiger partial charge in [-0.25, -0.2) is 4.68 Å². The summed E-state index contributed by atoms with van der Waals surface area (Å²) in [4.78, 5) is 13.2. The number of rotatable bonds is 5. The number of aromatic nitrogens is 2. The van der Waals surface area contributed by atoms with Gasteiger partial charge in [-0.3, -0.25) is 4.79 Å². The monoisotopic (exact) mass is 325 g/mol. The second kappa shape index (κ2) is 6.87. The minimum absolute atomic E-state index is 0.0226. The molecule has 1 amide bonds. The van der Waals surface area contributed by atoms with Crippen LogP contribution in [0.4, 0.5) is 5.82 Å². The molecule has 0 unspecified atom stereocenters. The van der Waals surface area contributed by atoms with Gasteiger partial charge < -0.3 is 5.32 Å². The van der Waals surface area contributed by atoms with E-state index in [2.05, 4.69) is 40.7 Å². The van der Waals surface area contributed by atoms with E-state index < -0.39 is 0 Å². The quantitative estimate of drug-likeness (QED) is 0.710. The number of fused-ring (bicyclic) bond motifs is 1. The molecule has 4 nitrogen and oxygen atoms in total. The van der Waals surface area contributed by atoms with Gasteiger partial charge in [0, 0.05) is 17.0 Å². The Labute approximate surface area is 139 Å². The highest BCUT2D eigenvalue weighted by Crippen LogP contribution is 2.24. The van der Waals surface area contributed by atoms with E-state index in [1.807, 2.05) is 32.0 Å². The molecule has 0 radical (unpaired) electrons. The summed E-state index contributed by atoms with van der Waals surface area (Å²) in [6.07, 6.45) is 1.70. The van der Waals surface area contributed by atoms with E-state index in [-0.39, 0.29) is 11.9 Å². The van der Waals surface area contributed by atoms with Gasteiger partial charge in [0.15, 0.2) is 0 Å². The van der Waals surface area contributed by atoms with Crippen molar-refractivity contribution in [2.45, 2.75) is 24.8 Å². The summed E-state index contributed by atoms with van der Waals surface area (Å²) in [5.41, 5.74) is 0. The fraction of sp³-hybridized carbons (Fsp3) is 0.222. The van der Waals surface area contributed by atoms with Gasteiger partial charge in [-0.2, -0.15) is 5.10 Å². The lowest BCUT2D eigenvalue weighted by molar-refractivity contribution is -0.113. The second-order valence-electron chi connectivity index (χ2n) is 5.60. The molecule has 0 bridgehead atoms. The molecule has 0 atom stereocenters. The first-order chi connectivity index (χ1) is 11.1. The number of hydrogen-bond acceptors (Lipinski definition) is 3. The maximum atomic E-state index is 12.1. The van der Waals surface area contributed by atoms with Crippen molar-refractivity contribution < 1.29 is 4.79 Å². The number of nitrogens with one attached hydrogen (secondary N) is 1. The molecule has 3 aromatic rings. The van der Waals surface area contributed by atoms with Gasteiger partial charge in [0.05, 0.1) is 11.9 Å². The van der Waals surface area contributed by atoms with E-state index >= 15 is 0 Å². The smallest absolute Gasteiger partial charge is 0.235 e. The second-order valence-corrected chi connectivity index (χ2v) is 6.65. The largest absolute Gasteiger partial charge is 0.310 e. The third-order valence-electron chi connectivity index (χ3n) is 3.52. The van der Waals surface area contributed by atoms with Gasteiger partial charge in [0.25, 0.3) is 0 Å². The Morgan fingerprint density at radius 3 is 2.74 bits per heavy atom. The van der Waals surface area contributed by atoms with Crippen LogP contribution in [0.15, 0.2) is 59.6 Å². The zero-order valence-corrected chi connectivity index (χ0v) is 14.0. The first-order valence-corrected chi connectivity index (χ1v) is 8.57. The van der Waals surface area contributed by atoms with Gasteiger partial charge >= 0.3 is 0 Å². The van der Waals surface area contributed by atoms with Crippen LogP contribution in [0.25, 0.3) is 10.8 Å².